The van der Waals surface area contributed by atoms with E-state index in [4.69, 9.17) is 5.73 Å². The first kappa shape index (κ1) is 14.3. The molecule has 3 nitrogen and oxygen atoms in total. The third kappa shape index (κ3) is 3.06. The van der Waals surface area contributed by atoms with Crippen LogP contribution in [0.25, 0.3) is 0 Å². The van der Waals surface area contributed by atoms with Crippen molar-refractivity contribution in [2.24, 2.45) is 11.7 Å². The number of likely N-dealkylation sites (N-methyl/N-ethyl adjacent to an activating group) is 1. The summed E-state index contributed by atoms with van der Waals surface area (Å²) in [5, 5.41) is 3.87. The lowest BCUT2D eigenvalue weighted by molar-refractivity contribution is 0.137. The highest BCUT2D eigenvalue weighted by molar-refractivity contribution is 4.96. The quantitative estimate of drug-likeness (QED) is 0.787. The van der Waals surface area contributed by atoms with Gasteiger partial charge in [-0.15, -0.1) is 0 Å². The summed E-state index contributed by atoms with van der Waals surface area (Å²) >= 11 is 0. The molecule has 2 aliphatic carbocycles. The maximum atomic E-state index is 5.92. The fourth-order valence-electron chi connectivity index (χ4n) is 3.89. The summed E-state index contributed by atoms with van der Waals surface area (Å²) in [4.78, 5) is 2.45. The Morgan fingerprint density at radius 1 is 1.11 bits per heavy atom. The van der Waals surface area contributed by atoms with Crippen LogP contribution in [0.1, 0.15) is 51.4 Å². The van der Waals surface area contributed by atoms with Crippen molar-refractivity contribution in [1.29, 1.82) is 0 Å². The van der Waals surface area contributed by atoms with E-state index in [1.54, 1.807) is 0 Å². The van der Waals surface area contributed by atoms with E-state index in [-0.39, 0.29) is 0 Å². The lowest BCUT2D eigenvalue weighted by Gasteiger charge is -2.40. The molecule has 3 N–H and O–H groups in total. The standard InChI is InChI=1S/C15H31N3/c1-18(2)15(9-5-6-10-15)12-17-14-8-4-3-7-13(14)11-16/h13-14,17H,3-12,16H2,1-2H3. The van der Waals surface area contributed by atoms with Crippen molar-refractivity contribution in [3.63, 3.8) is 0 Å². The molecule has 0 aromatic rings. The zero-order chi connectivity index (χ0) is 13.0. The van der Waals surface area contributed by atoms with Gasteiger partial charge in [0.25, 0.3) is 0 Å². The van der Waals surface area contributed by atoms with Crippen molar-refractivity contribution in [2.45, 2.75) is 62.9 Å². The van der Waals surface area contributed by atoms with E-state index in [9.17, 15) is 0 Å². The molecule has 2 aliphatic rings. The Bertz CT molecular complexity index is 246. The Balaban J connectivity index is 1.88. The minimum atomic E-state index is 0.413. The molecular weight excluding hydrogens is 222 g/mol. The van der Waals surface area contributed by atoms with Crippen LogP contribution in [0.2, 0.25) is 0 Å². The van der Waals surface area contributed by atoms with Crippen LogP contribution in [0, 0.1) is 5.92 Å². The Kier molecular flexibility index (Phi) is 5.05. The van der Waals surface area contributed by atoms with Crippen LogP contribution in [-0.2, 0) is 0 Å². The number of rotatable bonds is 5. The van der Waals surface area contributed by atoms with Gasteiger partial charge in [0.15, 0.2) is 0 Å². The van der Waals surface area contributed by atoms with Crippen LogP contribution < -0.4 is 11.1 Å². The molecule has 0 aromatic heterocycles. The fraction of sp³-hybridized carbons (Fsp3) is 1.00. The molecule has 0 spiro atoms. The predicted molar refractivity (Wildman–Crippen MR) is 77.7 cm³/mol. The SMILES string of the molecule is CN(C)C1(CNC2CCCCC2CN)CCCC1. The molecule has 2 saturated carbocycles. The second-order valence-electron chi connectivity index (χ2n) is 6.59. The molecule has 0 aromatic carbocycles. The molecule has 0 heterocycles. The van der Waals surface area contributed by atoms with Gasteiger partial charge < -0.3 is 16.0 Å². The average Bonchev–Trinajstić information content (AvgIpc) is 2.87. The molecule has 0 bridgehead atoms. The van der Waals surface area contributed by atoms with Gasteiger partial charge in [-0.3, -0.25) is 0 Å². The topological polar surface area (TPSA) is 41.3 Å². The summed E-state index contributed by atoms with van der Waals surface area (Å²) in [5.41, 5.74) is 6.33. The van der Waals surface area contributed by atoms with Crippen molar-refractivity contribution in [1.82, 2.24) is 10.2 Å². The molecule has 18 heavy (non-hydrogen) atoms. The Hall–Kier alpha value is -0.120. The maximum absolute atomic E-state index is 5.92. The van der Waals surface area contributed by atoms with Crippen molar-refractivity contribution < 1.29 is 0 Å². The smallest absolute Gasteiger partial charge is 0.0327 e. The van der Waals surface area contributed by atoms with Crippen LogP contribution in [0.5, 0.6) is 0 Å². The second kappa shape index (κ2) is 6.36. The van der Waals surface area contributed by atoms with Crippen LogP contribution in [0.4, 0.5) is 0 Å². The molecule has 0 saturated heterocycles. The van der Waals surface area contributed by atoms with Gasteiger partial charge in [-0.05, 0) is 52.2 Å². The summed E-state index contributed by atoms with van der Waals surface area (Å²) < 4.78 is 0. The largest absolute Gasteiger partial charge is 0.330 e. The first-order valence-corrected chi connectivity index (χ1v) is 7.79. The highest BCUT2D eigenvalue weighted by Crippen LogP contribution is 2.34. The monoisotopic (exact) mass is 253 g/mol. The number of nitrogens with zero attached hydrogens (tertiary/aromatic N) is 1. The second-order valence-corrected chi connectivity index (χ2v) is 6.59. The van der Waals surface area contributed by atoms with Gasteiger partial charge in [-0.25, -0.2) is 0 Å². The predicted octanol–water partition coefficient (Wildman–Crippen LogP) is 1.97. The third-order valence-electron chi connectivity index (χ3n) is 5.39. The summed E-state index contributed by atoms with van der Waals surface area (Å²) in [6, 6.07) is 0.668. The van der Waals surface area contributed by atoms with Crippen molar-refractivity contribution in [3.8, 4) is 0 Å². The maximum Gasteiger partial charge on any atom is 0.0327 e. The van der Waals surface area contributed by atoms with E-state index in [0.717, 1.165) is 13.1 Å². The lowest BCUT2D eigenvalue weighted by Crippen LogP contribution is -2.54. The van der Waals surface area contributed by atoms with Gasteiger partial charge >= 0.3 is 0 Å². The van der Waals surface area contributed by atoms with Crippen LogP contribution in [-0.4, -0.2) is 43.7 Å². The van der Waals surface area contributed by atoms with E-state index in [1.165, 1.54) is 51.4 Å². The highest BCUT2D eigenvalue weighted by Gasteiger charge is 2.36. The van der Waals surface area contributed by atoms with E-state index < -0.39 is 0 Å². The summed E-state index contributed by atoms with van der Waals surface area (Å²) in [7, 11) is 4.49. The van der Waals surface area contributed by atoms with Crippen LogP contribution in [0.15, 0.2) is 0 Å². The summed E-state index contributed by atoms with van der Waals surface area (Å²) in [5.74, 6) is 0.708. The minimum absolute atomic E-state index is 0.413. The average molecular weight is 253 g/mol. The number of hydrogen-bond acceptors (Lipinski definition) is 3. The summed E-state index contributed by atoms with van der Waals surface area (Å²) in [6.07, 6.45) is 10.9. The Labute approximate surface area is 112 Å². The van der Waals surface area contributed by atoms with Crippen molar-refractivity contribution in [3.05, 3.63) is 0 Å². The van der Waals surface area contributed by atoms with Crippen molar-refractivity contribution in [2.75, 3.05) is 27.2 Å². The van der Waals surface area contributed by atoms with E-state index in [1.807, 2.05) is 0 Å². The molecular formula is C15H31N3. The van der Waals surface area contributed by atoms with Crippen molar-refractivity contribution >= 4 is 0 Å². The first-order valence-electron chi connectivity index (χ1n) is 7.79. The van der Waals surface area contributed by atoms with E-state index >= 15 is 0 Å². The molecule has 106 valence electrons. The fourth-order valence-corrected chi connectivity index (χ4v) is 3.89. The zero-order valence-corrected chi connectivity index (χ0v) is 12.3. The molecule has 2 atom stereocenters. The number of nitrogens with two attached hydrogens (primary N) is 1. The van der Waals surface area contributed by atoms with Gasteiger partial charge in [-0.2, -0.15) is 0 Å². The minimum Gasteiger partial charge on any atom is -0.330 e. The molecule has 3 heteroatoms. The molecule has 2 unspecified atom stereocenters. The lowest BCUT2D eigenvalue weighted by atomic mass is 9.83. The molecule has 2 fully saturated rings. The van der Waals surface area contributed by atoms with Gasteiger partial charge in [0.1, 0.15) is 0 Å². The normalized spacial score (nSPS) is 32.0. The molecule has 0 radical (unpaired) electrons. The molecule has 0 aliphatic heterocycles. The van der Waals surface area contributed by atoms with Crippen LogP contribution in [0.3, 0.4) is 0 Å². The summed E-state index contributed by atoms with van der Waals surface area (Å²) in [6.45, 7) is 2.01. The molecule has 0 amide bonds. The van der Waals surface area contributed by atoms with Gasteiger partial charge in [-0.1, -0.05) is 25.7 Å². The van der Waals surface area contributed by atoms with E-state index in [0.29, 0.717) is 17.5 Å². The molecule has 2 rings (SSSR count). The van der Waals surface area contributed by atoms with Crippen LogP contribution >= 0.6 is 0 Å². The Morgan fingerprint density at radius 2 is 1.78 bits per heavy atom. The number of nitrogens with one attached hydrogen (secondary N) is 1. The van der Waals surface area contributed by atoms with Gasteiger partial charge in [0, 0.05) is 18.1 Å². The van der Waals surface area contributed by atoms with E-state index in [2.05, 4.69) is 24.3 Å². The highest BCUT2D eigenvalue weighted by atomic mass is 15.2. The van der Waals surface area contributed by atoms with Gasteiger partial charge in [0.2, 0.25) is 0 Å². The zero-order valence-electron chi connectivity index (χ0n) is 12.3. The first-order chi connectivity index (χ1) is 8.68. The number of hydrogen-bond donors (Lipinski definition) is 2. The Morgan fingerprint density at radius 3 is 2.39 bits per heavy atom. The third-order valence-corrected chi connectivity index (χ3v) is 5.39. The van der Waals surface area contributed by atoms with Gasteiger partial charge in [0.05, 0.1) is 0 Å².